The van der Waals surface area contributed by atoms with Crippen molar-refractivity contribution < 1.29 is 4.79 Å². The van der Waals surface area contributed by atoms with E-state index in [1.165, 1.54) is 23.3 Å². The number of benzene rings is 1. The van der Waals surface area contributed by atoms with Gasteiger partial charge in [0.25, 0.3) is 0 Å². The molecule has 1 aromatic carbocycles. The van der Waals surface area contributed by atoms with Crippen LogP contribution < -0.4 is 10.6 Å². The van der Waals surface area contributed by atoms with Crippen molar-refractivity contribution in [3.8, 4) is 0 Å². The smallest absolute Gasteiger partial charge is 0.315 e. The molecule has 27 heavy (non-hydrogen) atoms. The van der Waals surface area contributed by atoms with Gasteiger partial charge in [0.2, 0.25) is 0 Å². The standard InChI is InChI=1S/C21H30N4OS/c1-24(2)16-18-9-7-17(8-10-18)14-22-21(26)23-15-19(20-6-5-13-27-20)25-11-3-4-12-25/h5-10,13,19H,3-4,11-12,14-16H2,1-2H3,(H2,22,23,26). The van der Waals surface area contributed by atoms with Crippen LogP contribution in [0.1, 0.15) is 34.9 Å². The predicted octanol–water partition coefficient (Wildman–Crippen LogP) is 3.45. The zero-order valence-electron chi connectivity index (χ0n) is 16.3. The molecule has 2 aromatic rings. The summed E-state index contributed by atoms with van der Waals surface area (Å²) in [6.07, 6.45) is 2.50. The summed E-state index contributed by atoms with van der Waals surface area (Å²) >= 11 is 1.77. The number of nitrogens with one attached hydrogen (secondary N) is 2. The van der Waals surface area contributed by atoms with E-state index in [1.54, 1.807) is 11.3 Å². The van der Waals surface area contributed by atoms with Gasteiger partial charge in [0.15, 0.2) is 0 Å². The molecular weight excluding hydrogens is 356 g/mol. The first-order valence-corrected chi connectivity index (χ1v) is 10.5. The molecule has 3 rings (SSSR count). The Morgan fingerprint density at radius 2 is 1.81 bits per heavy atom. The number of likely N-dealkylation sites (tertiary alicyclic amines) is 1. The molecule has 2 N–H and O–H groups in total. The van der Waals surface area contributed by atoms with E-state index >= 15 is 0 Å². The van der Waals surface area contributed by atoms with E-state index in [0.29, 0.717) is 13.1 Å². The summed E-state index contributed by atoms with van der Waals surface area (Å²) in [5, 5.41) is 8.15. The SMILES string of the molecule is CN(C)Cc1ccc(CNC(=O)NCC(c2cccs2)N2CCCC2)cc1. The number of carbonyl (C=O) groups excluding carboxylic acids is 1. The van der Waals surface area contributed by atoms with E-state index in [0.717, 1.165) is 25.2 Å². The van der Waals surface area contributed by atoms with Gasteiger partial charge in [-0.05, 0) is 62.6 Å². The fraction of sp³-hybridized carbons (Fsp3) is 0.476. The van der Waals surface area contributed by atoms with E-state index in [4.69, 9.17) is 0 Å². The molecule has 1 aromatic heterocycles. The molecule has 5 nitrogen and oxygen atoms in total. The number of hydrogen-bond donors (Lipinski definition) is 2. The number of hydrogen-bond acceptors (Lipinski definition) is 4. The first kappa shape index (κ1) is 19.9. The van der Waals surface area contributed by atoms with Gasteiger partial charge >= 0.3 is 6.03 Å². The summed E-state index contributed by atoms with van der Waals surface area (Å²) in [5.41, 5.74) is 2.39. The maximum absolute atomic E-state index is 12.3. The lowest BCUT2D eigenvalue weighted by Crippen LogP contribution is -2.41. The van der Waals surface area contributed by atoms with Crippen LogP contribution in [0, 0.1) is 0 Å². The maximum atomic E-state index is 12.3. The van der Waals surface area contributed by atoms with Crippen molar-refractivity contribution >= 4 is 17.4 Å². The van der Waals surface area contributed by atoms with Crippen molar-refractivity contribution in [2.24, 2.45) is 0 Å². The van der Waals surface area contributed by atoms with Crippen molar-refractivity contribution in [2.75, 3.05) is 33.7 Å². The molecule has 0 bridgehead atoms. The topological polar surface area (TPSA) is 47.6 Å². The van der Waals surface area contributed by atoms with Gasteiger partial charge in [0.1, 0.15) is 0 Å². The Bertz CT molecular complexity index is 693. The van der Waals surface area contributed by atoms with Gasteiger partial charge in [-0.1, -0.05) is 30.3 Å². The molecule has 1 fully saturated rings. The molecule has 6 heteroatoms. The molecule has 0 spiro atoms. The molecule has 1 unspecified atom stereocenters. The minimum Gasteiger partial charge on any atom is -0.336 e. The molecule has 0 saturated carbocycles. The highest BCUT2D eigenvalue weighted by molar-refractivity contribution is 7.10. The first-order chi connectivity index (χ1) is 13.1. The van der Waals surface area contributed by atoms with Crippen molar-refractivity contribution in [1.29, 1.82) is 0 Å². The lowest BCUT2D eigenvalue weighted by Gasteiger charge is -2.27. The third kappa shape index (κ3) is 6.06. The second kappa shape index (κ2) is 9.88. The third-order valence-corrected chi connectivity index (χ3v) is 5.86. The van der Waals surface area contributed by atoms with Gasteiger partial charge in [-0.15, -0.1) is 11.3 Å². The number of carbonyl (C=O) groups is 1. The highest BCUT2D eigenvalue weighted by Crippen LogP contribution is 2.27. The van der Waals surface area contributed by atoms with Crippen molar-refractivity contribution in [3.63, 3.8) is 0 Å². The van der Waals surface area contributed by atoms with Gasteiger partial charge in [0, 0.05) is 24.5 Å². The molecule has 2 heterocycles. The zero-order valence-corrected chi connectivity index (χ0v) is 17.1. The average molecular weight is 387 g/mol. The zero-order chi connectivity index (χ0) is 19.1. The first-order valence-electron chi connectivity index (χ1n) is 9.63. The van der Waals surface area contributed by atoms with Crippen LogP contribution in [0.3, 0.4) is 0 Å². The number of urea groups is 1. The predicted molar refractivity (Wildman–Crippen MR) is 112 cm³/mol. The summed E-state index contributed by atoms with van der Waals surface area (Å²) in [7, 11) is 4.12. The maximum Gasteiger partial charge on any atom is 0.315 e. The Labute approximate surface area is 166 Å². The Balaban J connectivity index is 1.46. The van der Waals surface area contributed by atoms with Crippen LogP contribution in [0.2, 0.25) is 0 Å². The summed E-state index contributed by atoms with van der Waals surface area (Å²) < 4.78 is 0. The molecule has 146 valence electrons. The van der Waals surface area contributed by atoms with Gasteiger partial charge in [-0.2, -0.15) is 0 Å². The number of thiophene rings is 1. The van der Waals surface area contributed by atoms with Gasteiger partial charge in [-0.25, -0.2) is 4.79 Å². The fourth-order valence-electron chi connectivity index (χ4n) is 3.51. The van der Waals surface area contributed by atoms with Crippen LogP contribution in [-0.2, 0) is 13.1 Å². The lowest BCUT2D eigenvalue weighted by atomic mass is 10.1. The fourth-order valence-corrected chi connectivity index (χ4v) is 4.37. The Kier molecular flexibility index (Phi) is 7.26. The monoisotopic (exact) mass is 386 g/mol. The van der Waals surface area contributed by atoms with E-state index < -0.39 is 0 Å². The van der Waals surface area contributed by atoms with Crippen LogP contribution in [0.25, 0.3) is 0 Å². The number of nitrogens with zero attached hydrogens (tertiary/aromatic N) is 2. The summed E-state index contributed by atoms with van der Waals surface area (Å²) in [6, 6.07) is 12.8. The molecular formula is C21H30N4OS. The summed E-state index contributed by atoms with van der Waals surface area (Å²) in [5.74, 6) is 0. The van der Waals surface area contributed by atoms with E-state index in [2.05, 4.69) is 76.3 Å². The highest BCUT2D eigenvalue weighted by Gasteiger charge is 2.24. The molecule has 1 saturated heterocycles. The number of rotatable bonds is 8. The van der Waals surface area contributed by atoms with Crippen LogP contribution in [0.4, 0.5) is 4.79 Å². The summed E-state index contributed by atoms with van der Waals surface area (Å²) in [4.78, 5) is 18.2. The molecule has 2 amide bonds. The Morgan fingerprint density at radius 3 is 2.44 bits per heavy atom. The largest absolute Gasteiger partial charge is 0.336 e. The minimum absolute atomic E-state index is 0.104. The third-order valence-electron chi connectivity index (χ3n) is 4.88. The molecule has 1 aliphatic heterocycles. The van der Waals surface area contributed by atoms with Crippen molar-refractivity contribution in [2.45, 2.75) is 32.0 Å². The molecule has 0 radical (unpaired) electrons. The van der Waals surface area contributed by atoms with Gasteiger partial charge in [0.05, 0.1) is 6.04 Å². The molecule has 0 aliphatic carbocycles. The van der Waals surface area contributed by atoms with Crippen LogP contribution in [0.5, 0.6) is 0 Å². The van der Waals surface area contributed by atoms with Crippen LogP contribution in [-0.4, -0.2) is 49.6 Å². The average Bonchev–Trinajstić information content (AvgIpc) is 3.35. The normalized spacial score (nSPS) is 15.8. The quantitative estimate of drug-likeness (QED) is 0.731. The highest BCUT2D eigenvalue weighted by atomic mass is 32.1. The summed E-state index contributed by atoms with van der Waals surface area (Å²) in [6.45, 7) is 4.35. The second-order valence-electron chi connectivity index (χ2n) is 7.39. The van der Waals surface area contributed by atoms with E-state index in [9.17, 15) is 4.79 Å². The Morgan fingerprint density at radius 1 is 1.11 bits per heavy atom. The number of amides is 2. The van der Waals surface area contributed by atoms with Crippen LogP contribution in [0.15, 0.2) is 41.8 Å². The van der Waals surface area contributed by atoms with Crippen molar-refractivity contribution in [1.82, 2.24) is 20.4 Å². The minimum atomic E-state index is -0.104. The van der Waals surface area contributed by atoms with E-state index in [1.807, 2.05) is 0 Å². The van der Waals surface area contributed by atoms with Gasteiger partial charge in [-0.3, -0.25) is 4.90 Å². The Hall–Kier alpha value is -1.89. The van der Waals surface area contributed by atoms with E-state index in [-0.39, 0.29) is 12.1 Å². The lowest BCUT2D eigenvalue weighted by molar-refractivity contribution is 0.222. The second-order valence-corrected chi connectivity index (χ2v) is 8.37. The molecule has 1 aliphatic rings. The van der Waals surface area contributed by atoms with Gasteiger partial charge < -0.3 is 15.5 Å². The van der Waals surface area contributed by atoms with Crippen LogP contribution >= 0.6 is 11.3 Å². The van der Waals surface area contributed by atoms with Crippen molar-refractivity contribution in [3.05, 3.63) is 57.8 Å². The molecule has 1 atom stereocenters.